The maximum atomic E-state index is 5.98. The summed E-state index contributed by atoms with van der Waals surface area (Å²) in [6.45, 7) is 2.85. The van der Waals surface area contributed by atoms with E-state index in [9.17, 15) is 0 Å². The average Bonchev–Trinajstić information content (AvgIpc) is 2.76. The number of rotatable bonds is 4. The van der Waals surface area contributed by atoms with Crippen LogP contribution in [0.3, 0.4) is 0 Å². The van der Waals surface area contributed by atoms with Gasteiger partial charge in [-0.3, -0.25) is 4.90 Å². The van der Waals surface area contributed by atoms with Crippen LogP contribution in [0.2, 0.25) is 0 Å². The molecule has 2 N–H and O–H groups in total. The molecule has 3 atom stereocenters. The van der Waals surface area contributed by atoms with Crippen molar-refractivity contribution in [1.82, 2.24) is 4.90 Å². The Balaban J connectivity index is 1.65. The van der Waals surface area contributed by atoms with Gasteiger partial charge in [0.25, 0.3) is 0 Å². The van der Waals surface area contributed by atoms with E-state index in [1.54, 1.807) is 0 Å². The molecule has 98 valence electrons. The summed E-state index contributed by atoms with van der Waals surface area (Å²) in [6.07, 6.45) is 4.41. The van der Waals surface area contributed by atoms with Crippen LogP contribution in [0.15, 0.2) is 30.3 Å². The van der Waals surface area contributed by atoms with E-state index in [4.69, 9.17) is 10.5 Å². The summed E-state index contributed by atoms with van der Waals surface area (Å²) in [6, 6.07) is 11.1. The summed E-state index contributed by atoms with van der Waals surface area (Å²) in [4.78, 5) is 2.54. The number of hydrogen-bond acceptors (Lipinski definition) is 3. The number of ether oxygens (including phenoxy) is 1. The smallest absolute Gasteiger partial charge is 0.0707 e. The molecule has 3 nitrogen and oxygen atoms in total. The van der Waals surface area contributed by atoms with Crippen molar-refractivity contribution in [3.8, 4) is 0 Å². The molecule has 3 unspecified atom stereocenters. The van der Waals surface area contributed by atoms with Gasteiger partial charge in [-0.1, -0.05) is 30.3 Å². The SMILES string of the molecule is NCC(Cc1ccccc1)N1CC2CCC(C1)O2. The molecule has 0 spiro atoms. The van der Waals surface area contributed by atoms with E-state index in [1.807, 2.05) is 0 Å². The third kappa shape index (κ3) is 2.58. The second kappa shape index (κ2) is 5.39. The summed E-state index contributed by atoms with van der Waals surface area (Å²) < 4.78 is 5.89. The molecule has 0 aromatic heterocycles. The number of nitrogens with zero attached hydrogens (tertiary/aromatic N) is 1. The van der Waals surface area contributed by atoms with Crippen LogP contribution < -0.4 is 5.73 Å². The van der Waals surface area contributed by atoms with Gasteiger partial charge in [0.1, 0.15) is 0 Å². The van der Waals surface area contributed by atoms with E-state index >= 15 is 0 Å². The van der Waals surface area contributed by atoms with Crippen LogP contribution in [0.5, 0.6) is 0 Å². The maximum absolute atomic E-state index is 5.98. The van der Waals surface area contributed by atoms with Gasteiger partial charge >= 0.3 is 0 Å². The first-order chi connectivity index (χ1) is 8.85. The third-order valence-electron chi connectivity index (χ3n) is 4.17. The summed E-state index contributed by atoms with van der Waals surface area (Å²) in [5.74, 6) is 0. The first-order valence-corrected chi connectivity index (χ1v) is 6.98. The van der Waals surface area contributed by atoms with Crippen LogP contribution in [0, 0.1) is 0 Å². The van der Waals surface area contributed by atoms with Crippen LogP contribution in [-0.2, 0) is 11.2 Å². The van der Waals surface area contributed by atoms with Gasteiger partial charge < -0.3 is 10.5 Å². The fraction of sp³-hybridized carbons (Fsp3) is 0.600. The molecule has 2 heterocycles. The Kier molecular flexibility index (Phi) is 3.64. The minimum absolute atomic E-state index is 0.452. The zero-order chi connectivity index (χ0) is 12.4. The fourth-order valence-corrected chi connectivity index (χ4v) is 3.19. The summed E-state index contributed by atoms with van der Waals surface area (Å²) in [5.41, 5.74) is 7.36. The molecule has 1 aromatic rings. The van der Waals surface area contributed by atoms with Crippen LogP contribution in [0.4, 0.5) is 0 Å². The van der Waals surface area contributed by atoms with Gasteiger partial charge in [0.2, 0.25) is 0 Å². The van der Waals surface area contributed by atoms with E-state index in [2.05, 4.69) is 35.2 Å². The molecule has 0 aliphatic carbocycles. The largest absolute Gasteiger partial charge is 0.372 e. The zero-order valence-corrected chi connectivity index (χ0v) is 10.8. The van der Waals surface area contributed by atoms with Crippen molar-refractivity contribution in [3.05, 3.63) is 35.9 Å². The number of fused-ring (bicyclic) bond motifs is 2. The summed E-state index contributed by atoms with van der Waals surface area (Å²) in [5, 5.41) is 0. The number of likely N-dealkylation sites (tertiary alicyclic amines) is 1. The lowest BCUT2D eigenvalue weighted by atomic mass is 10.0. The Morgan fingerprint density at radius 1 is 1.17 bits per heavy atom. The van der Waals surface area contributed by atoms with Crippen LogP contribution in [0.1, 0.15) is 18.4 Å². The summed E-state index contributed by atoms with van der Waals surface area (Å²) >= 11 is 0. The highest BCUT2D eigenvalue weighted by atomic mass is 16.5. The minimum atomic E-state index is 0.452. The lowest BCUT2D eigenvalue weighted by molar-refractivity contribution is -0.0514. The van der Waals surface area contributed by atoms with Crippen molar-refractivity contribution in [2.75, 3.05) is 19.6 Å². The molecule has 3 heteroatoms. The fourth-order valence-electron chi connectivity index (χ4n) is 3.19. The first kappa shape index (κ1) is 12.2. The van der Waals surface area contributed by atoms with E-state index < -0.39 is 0 Å². The molecule has 0 radical (unpaired) electrons. The second-order valence-corrected chi connectivity index (χ2v) is 5.49. The minimum Gasteiger partial charge on any atom is -0.372 e. The molecule has 1 aromatic carbocycles. The van der Waals surface area contributed by atoms with Crippen LogP contribution in [-0.4, -0.2) is 42.8 Å². The van der Waals surface area contributed by atoms with Gasteiger partial charge in [0, 0.05) is 25.7 Å². The highest BCUT2D eigenvalue weighted by molar-refractivity contribution is 5.16. The lowest BCUT2D eigenvalue weighted by Crippen LogP contribution is -2.51. The topological polar surface area (TPSA) is 38.5 Å². The number of hydrogen-bond donors (Lipinski definition) is 1. The molecule has 18 heavy (non-hydrogen) atoms. The molecule has 2 aliphatic heterocycles. The van der Waals surface area contributed by atoms with Crippen molar-refractivity contribution >= 4 is 0 Å². The van der Waals surface area contributed by atoms with Crippen molar-refractivity contribution in [3.63, 3.8) is 0 Å². The van der Waals surface area contributed by atoms with Gasteiger partial charge in [-0.05, 0) is 24.8 Å². The Hall–Kier alpha value is -0.900. The van der Waals surface area contributed by atoms with E-state index in [1.165, 1.54) is 18.4 Å². The van der Waals surface area contributed by atoms with Gasteiger partial charge in [-0.25, -0.2) is 0 Å². The Morgan fingerprint density at radius 2 is 1.83 bits per heavy atom. The van der Waals surface area contributed by atoms with Gasteiger partial charge in [-0.15, -0.1) is 0 Å². The van der Waals surface area contributed by atoms with E-state index in [0.717, 1.165) is 26.1 Å². The van der Waals surface area contributed by atoms with Gasteiger partial charge in [-0.2, -0.15) is 0 Å². The Bertz CT molecular complexity index is 369. The molecule has 3 rings (SSSR count). The molecular formula is C15H22N2O. The van der Waals surface area contributed by atoms with Crippen molar-refractivity contribution in [1.29, 1.82) is 0 Å². The third-order valence-corrected chi connectivity index (χ3v) is 4.17. The predicted octanol–water partition coefficient (Wildman–Crippen LogP) is 1.42. The zero-order valence-electron chi connectivity index (χ0n) is 10.8. The first-order valence-electron chi connectivity index (χ1n) is 6.98. The van der Waals surface area contributed by atoms with Crippen molar-refractivity contribution in [2.24, 2.45) is 5.73 Å². The van der Waals surface area contributed by atoms with Crippen molar-refractivity contribution < 1.29 is 4.74 Å². The monoisotopic (exact) mass is 246 g/mol. The molecule has 2 aliphatic rings. The standard InChI is InChI=1S/C15H22N2O/c16-9-13(8-12-4-2-1-3-5-12)17-10-14-6-7-15(11-17)18-14/h1-5,13-15H,6-11,16H2. The van der Waals surface area contributed by atoms with E-state index in [0.29, 0.717) is 18.2 Å². The average molecular weight is 246 g/mol. The molecule has 2 saturated heterocycles. The summed E-state index contributed by atoms with van der Waals surface area (Å²) in [7, 11) is 0. The second-order valence-electron chi connectivity index (χ2n) is 5.49. The normalized spacial score (nSPS) is 29.4. The number of nitrogens with two attached hydrogens (primary N) is 1. The molecular weight excluding hydrogens is 224 g/mol. The lowest BCUT2D eigenvalue weighted by Gasteiger charge is -2.37. The molecule has 2 fully saturated rings. The Labute approximate surface area is 109 Å². The quantitative estimate of drug-likeness (QED) is 0.873. The highest BCUT2D eigenvalue weighted by Gasteiger charge is 2.35. The molecule has 0 amide bonds. The van der Waals surface area contributed by atoms with Crippen LogP contribution >= 0.6 is 0 Å². The van der Waals surface area contributed by atoms with Gasteiger partial charge in [0.15, 0.2) is 0 Å². The van der Waals surface area contributed by atoms with Gasteiger partial charge in [0.05, 0.1) is 12.2 Å². The highest BCUT2D eigenvalue weighted by Crippen LogP contribution is 2.27. The van der Waals surface area contributed by atoms with E-state index in [-0.39, 0.29) is 0 Å². The van der Waals surface area contributed by atoms with Crippen molar-refractivity contribution in [2.45, 2.75) is 37.5 Å². The number of benzene rings is 1. The van der Waals surface area contributed by atoms with Crippen LogP contribution in [0.25, 0.3) is 0 Å². The number of morpholine rings is 1. The maximum Gasteiger partial charge on any atom is 0.0707 e. The molecule has 2 bridgehead atoms. The molecule has 0 saturated carbocycles. The Morgan fingerprint density at radius 3 is 2.44 bits per heavy atom. The predicted molar refractivity (Wildman–Crippen MR) is 72.5 cm³/mol.